The molecule has 43 heavy (non-hydrogen) atoms. The number of piperidine rings is 1. The van der Waals surface area contributed by atoms with Crippen LogP contribution in [0.5, 0.6) is 0 Å². The zero-order valence-corrected chi connectivity index (χ0v) is 24.2. The molecule has 4 aromatic rings. The van der Waals surface area contributed by atoms with E-state index in [0.29, 0.717) is 34.0 Å². The summed E-state index contributed by atoms with van der Waals surface area (Å²) < 4.78 is 15.0. The number of hydrogen-bond donors (Lipinski definition) is 2. The summed E-state index contributed by atoms with van der Waals surface area (Å²) in [5, 5.41) is 12.8. The van der Waals surface area contributed by atoms with Crippen molar-refractivity contribution in [3.05, 3.63) is 130 Å². The predicted octanol–water partition coefficient (Wildman–Crippen LogP) is 7.51. The number of benzene rings is 4. The standard InChI is InChI=1S/C37H35FN2O3/c1-24-2-6-27-7-8-29(23-33(24)27)37(43)22-26-5-15-35(34(38)20-26)39-30-11-3-25(4-12-30)21-36(42)28-9-13-31(14-10-28)40-18-16-32(41)17-19-40/h2-15,20,23-24,32,39,41H,16-19,21-22H2,1H3. The molecule has 1 aliphatic carbocycles. The number of fused-ring (bicyclic) bond motifs is 1. The van der Waals surface area contributed by atoms with Crippen LogP contribution in [0.1, 0.15) is 68.7 Å². The van der Waals surface area contributed by atoms with Gasteiger partial charge >= 0.3 is 0 Å². The largest absolute Gasteiger partial charge is 0.393 e. The zero-order valence-electron chi connectivity index (χ0n) is 24.2. The molecule has 1 atom stereocenters. The summed E-state index contributed by atoms with van der Waals surface area (Å²) in [6.45, 7) is 3.74. The molecule has 0 saturated carbocycles. The monoisotopic (exact) mass is 574 g/mol. The van der Waals surface area contributed by atoms with Gasteiger partial charge in [0.2, 0.25) is 0 Å². The van der Waals surface area contributed by atoms with Crippen LogP contribution >= 0.6 is 0 Å². The van der Waals surface area contributed by atoms with Crippen LogP contribution in [0.2, 0.25) is 0 Å². The fourth-order valence-electron chi connectivity index (χ4n) is 5.83. The highest BCUT2D eigenvalue weighted by Crippen LogP contribution is 2.31. The molecule has 1 aliphatic heterocycles. The maximum absolute atomic E-state index is 15.0. The van der Waals surface area contributed by atoms with Crippen molar-refractivity contribution in [3.8, 4) is 0 Å². The van der Waals surface area contributed by atoms with E-state index >= 15 is 0 Å². The van der Waals surface area contributed by atoms with Crippen LogP contribution in [0.4, 0.5) is 21.5 Å². The van der Waals surface area contributed by atoms with E-state index in [9.17, 15) is 19.1 Å². The van der Waals surface area contributed by atoms with Crippen molar-refractivity contribution in [2.45, 2.75) is 44.6 Å². The number of nitrogens with one attached hydrogen (secondary N) is 1. The molecule has 4 aromatic carbocycles. The molecule has 0 radical (unpaired) electrons. The Morgan fingerprint density at radius 1 is 0.837 bits per heavy atom. The average molecular weight is 575 g/mol. The van der Waals surface area contributed by atoms with Gasteiger partial charge in [-0.15, -0.1) is 0 Å². The Morgan fingerprint density at radius 3 is 2.21 bits per heavy atom. The summed E-state index contributed by atoms with van der Waals surface area (Å²) in [4.78, 5) is 28.0. The summed E-state index contributed by atoms with van der Waals surface area (Å²) in [7, 11) is 0. The second-order valence-corrected chi connectivity index (χ2v) is 11.6. The number of aliphatic hydroxyl groups excluding tert-OH is 1. The van der Waals surface area contributed by atoms with Crippen LogP contribution in [-0.4, -0.2) is 35.9 Å². The van der Waals surface area contributed by atoms with Crippen LogP contribution in [0, 0.1) is 5.82 Å². The van der Waals surface area contributed by atoms with Gasteiger partial charge in [0.1, 0.15) is 5.82 Å². The van der Waals surface area contributed by atoms with Crippen LogP contribution < -0.4 is 10.2 Å². The fourth-order valence-corrected chi connectivity index (χ4v) is 5.83. The molecule has 1 unspecified atom stereocenters. The average Bonchev–Trinajstić information content (AvgIpc) is 3.39. The molecule has 218 valence electrons. The summed E-state index contributed by atoms with van der Waals surface area (Å²) in [6, 6.07) is 25.7. The molecule has 5 nitrogen and oxygen atoms in total. The van der Waals surface area contributed by atoms with E-state index in [4.69, 9.17) is 0 Å². The number of nitrogens with zero attached hydrogens (tertiary/aromatic N) is 1. The van der Waals surface area contributed by atoms with Crippen LogP contribution in [0.15, 0.2) is 91.0 Å². The van der Waals surface area contributed by atoms with Gasteiger partial charge < -0.3 is 15.3 Å². The lowest BCUT2D eigenvalue weighted by Gasteiger charge is -2.31. The van der Waals surface area contributed by atoms with Crippen molar-refractivity contribution in [2.75, 3.05) is 23.3 Å². The van der Waals surface area contributed by atoms with Gasteiger partial charge in [0.25, 0.3) is 0 Å². The molecule has 2 aliphatic rings. The zero-order chi connectivity index (χ0) is 29.9. The first-order valence-corrected chi connectivity index (χ1v) is 14.9. The number of carbonyl (C=O) groups is 2. The smallest absolute Gasteiger partial charge is 0.167 e. The fraction of sp³-hybridized carbons (Fsp3) is 0.243. The molecular weight excluding hydrogens is 539 g/mol. The van der Waals surface area contributed by atoms with Crippen molar-refractivity contribution in [3.63, 3.8) is 0 Å². The maximum Gasteiger partial charge on any atom is 0.167 e. The molecule has 0 amide bonds. The molecule has 6 heteroatoms. The van der Waals surface area contributed by atoms with E-state index < -0.39 is 5.82 Å². The molecule has 0 bridgehead atoms. The minimum absolute atomic E-state index is 0.0311. The SMILES string of the molecule is CC1C=Cc2ccc(C(=O)Cc3ccc(Nc4ccc(CC(=O)c5ccc(N6CCC(O)CC6)cc5)cc4)c(F)c3)cc21. The highest BCUT2D eigenvalue weighted by Gasteiger charge is 2.18. The highest BCUT2D eigenvalue weighted by atomic mass is 19.1. The van der Waals surface area contributed by atoms with Crippen LogP contribution in [-0.2, 0) is 12.8 Å². The second-order valence-electron chi connectivity index (χ2n) is 11.6. The Kier molecular flexibility index (Phi) is 8.21. The predicted molar refractivity (Wildman–Crippen MR) is 170 cm³/mol. The highest BCUT2D eigenvalue weighted by molar-refractivity contribution is 5.98. The molecule has 1 fully saturated rings. The first-order valence-electron chi connectivity index (χ1n) is 14.9. The van der Waals surface area contributed by atoms with E-state index in [1.807, 2.05) is 66.7 Å². The molecular formula is C37H35FN2O3. The van der Waals surface area contributed by atoms with Crippen molar-refractivity contribution >= 4 is 34.7 Å². The lowest BCUT2D eigenvalue weighted by Crippen LogP contribution is -2.35. The second kappa shape index (κ2) is 12.4. The maximum atomic E-state index is 15.0. The van der Waals surface area contributed by atoms with Gasteiger partial charge in [-0.1, -0.05) is 49.4 Å². The third-order valence-corrected chi connectivity index (χ3v) is 8.48. The number of halogens is 1. The first kappa shape index (κ1) is 28.6. The molecule has 1 heterocycles. The molecule has 6 rings (SSSR count). The minimum atomic E-state index is -0.430. The van der Waals surface area contributed by atoms with E-state index in [1.54, 1.807) is 12.1 Å². The van der Waals surface area contributed by atoms with Crippen molar-refractivity contribution in [1.29, 1.82) is 0 Å². The number of allylic oxidation sites excluding steroid dienone is 1. The quantitative estimate of drug-likeness (QED) is 0.203. The van der Waals surface area contributed by atoms with Crippen LogP contribution in [0.3, 0.4) is 0 Å². The molecule has 0 spiro atoms. The number of anilines is 3. The van der Waals surface area contributed by atoms with E-state index in [-0.39, 0.29) is 30.5 Å². The van der Waals surface area contributed by atoms with E-state index in [2.05, 4.69) is 29.3 Å². The number of Topliss-reactive ketones (excluding diaryl/α,β-unsaturated/α-hetero) is 2. The number of hydrogen-bond acceptors (Lipinski definition) is 5. The molecule has 0 aromatic heterocycles. The number of aliphatic hydroxyl groups is 1. The summed E-state index contributed by atoms with van der Waals surface area (Å²) in [5.41, 5.74) is 7.18. The molecule has 2 N–H and O–H groups in total. The Hall–Kier alpha value is -4.55. The third-order valence-electron chi connectivity index (χ3n) is 8.48. The Morgan fingerprint density at radius 2 is 1.49 bits per heavy atom. The Balaban J connectivity index is 1.03. The van der Waals surface area contributed by atoms with Crippen molar-refractivity contribution in [2.24, 2.45) is 0 Å². The topological polar surface area (TPSA) is 69.6 Å². The van der Waals surface area contributed by atoms with Gasteiger partial charge in [-0.3, -0.25) is 9.59 Å². The number of rotatable bonds is 9. The van der Waals surface area contributed by atoms with Crippen molar-refractivity contribution in [1.82, 2.24) is 0 Å². The Labute approximate surface area is 251 Å². The van der Waals surface area contributed by atoms with Gasteiger partial charge in [0.05, 0.1) is 11.8 Å². The number of ketones is 2. The lowest BCUT2D eigenvalue weighted by atomic mass is 9.96. The Bertz CT molecular complexity index is 1670. The molecule has 1 saturated heterocycles. The van der Waals surface area contributed by atoms with Crippen LogP contribution in [0.25, 0.3) is 6.08 Å². The summed E-state index contributed by atoms with van der Waals surface area (Å²) in [6.07, 6.45) is 5.90. The minimum Gasteiger partial charge on any atom is -0.393 e. The summed E-state index contributed by atoms with van der Waals surface area (Å²) in [5.74, 6) is -0.144. The van der Waals surface area contributed by atoms with E-state index in [0.717, 1.165) is 48.3 Å². The van der Waals surface area contributed by atoms with Gasteiger partial charge in [-0.2, -0.15) is 0 Å². The van der Waals surface area contributed by atoms with Gasteiger partial charge in [0, 0.05) is 48.4 Å². The first-order chi connectivity index (χ1) is 20.8. The normalized spacial score (nSPS) is 16.3. The van der Waals surface area contributed by atoms with Crippen molar-refractivity contribution < 1.29 is 19.1 Å². The van der Waals surface area contributed by atoms with Gasteiger partial charge in [-0.25, -0.2) is 4.39 Å². The third kappa shape index (κ3) is 6.60. The lowest BCUT2D eigenvalue weighted by molar-refractivity contribution is 0.0984. The summed E-state index contributed by atoms with van der Waals surface area (Å²) >= 11 is 0. The number of carbonyl (C=O) groups excluding carboxylic acids is 2. The van der Waals surface area contributed by atoms with Gasteiger partial charge in [-0.05, 0) is 95.6 Å². The van der Waals surface area contributed by atoms with Gasteiger partial charge in [0.15, 0.2) is 11.6 Å². The van der Waals surface area contributed by atoms with E-state index in [1.165, 1.54) is 6.07 Å².